The molecule has 0 aliphatic carbocycles. The van der Waals surface area contributed by atoms with E-state index in [2.05, 4.69) is 41.8 Å². The normalized spacial score (nSPS) is 12.8. The number of halogens is 4. The minimum absolute atomic E-state index is 0.256. The molecule has 1 aromatic carbocycles. The molecule has 0 aliphatic heterocycles. The monoisotopic (exact) mass is 447 g/mol. The van der Waals surface area contributed by atoms with Gasteiger partial charge in [-0.15, -0.1) is 11.6 Å². The summed E-state index contributed by atoms with van der Waals surface area (Å²) in [6, 6.07) is 7.70. The number of alkyl halides is 1. The summed E-state index contributed by atoms with van der Waals surface area (Å²) in [7, 11) is 0. The molecule has 21 heavy (non-hydrogen) atoms. The molecule has 3 nitrogen and oxygen atoms in total. The first-order chi connectivity index (χ1) is 9.97. The summed E-state index contributed by atoms with van der Waals surface area (Å²) in [5.74, 6) is 0.726. The maximum Gasteiger partial charge on any atom is 0.164 e. The molecule has 3 aromatic rings. The lowest BCUT2D eigenvalue weighted by molar-refractivity contribution is 0.874. The number of aromatic nitrogens is 3. The van der Waals surface area contributed by atoms with Crippen LogP contribution in [-0.4, -0.2) is 14.5 Å². The maximum atomic E-state index is 6.28. The Morgan fingerprint density at radius 2 is 2.00 bits per heavy atom. The molecular weight excluding hydrogens is 441 g/mol. The summed E-state index contributed by atoms with van der Waals surface area (Å²) < 4.78 is 3.85. The van der Waals surface area contributed by atoms with Gasteiger partial charge in [-0.2, -0.15) is 0 Å². The molecule has 0 saturated heterocycles. The first-order valence-electron chi connectivity index (χ1n) is 6.11. The van der Waals surface area contributed by atoms with Gasteiger partial charge in [-0.05, 0) is 47.1 Å². The van der Waals surface area contributed by atoms with Crippen LogP contribution in [0.25, 0.3) is 16.9 Å². The predicted molar refractivity (Wildman–Crippen MR) is 93.5 cm³/mol. The van der Waals surface area contributed by atoms with Gasteiger partial charge in [0, 0.05) is 15.1 Å². The molecule has 0 spiro atoms. The molecule has 0 bridgehead atoms. The smallest absolute Gasteiger partial charge is 0.164 e. The van der Waals surface area contributed by atoms with Crippen molar-refractivity contribution in [3.63, 3.8) is 0 Å². The highest BCUT2D eigenvalue weighted by Gasteiger charge is 2.19. The third-order valence-electron chi connectivity index (χ3n) is 3.00. The van der Waals surface area contributed by atoms with Gasteiger partial charge >= 0.3 is 0 Å². The van der Waals surface area contributed by atoms with Crippen molar-refractivity contribution in [2.75, 3.05) is 0 Å². The van der Waals surface area contributed by atoms with Gasteiger partial charge in [0.05, 0.1) is 16.1 Å². The van der Waals surface area contributed by atoms with Crippen LogP contribution in [0.15, 0.2) is 39.4 Å². The van der Waals surface area contributed by atoms with E-state index in [1.807, 2.05) is 29.7 Å². The number of fused-ring (bicyclic) bond motifs is 1. The van der Waals surface area contributed by atoms with E-state index in [4.69, 9.17) is 23.2 Å². The molecule has 0 radical (unpaired) electrons. The number of imidazole rings is 1. The average molecular weight is 450 g/mol. The second-order valence-electron chi connectivity index (χ2n) is 4.51. The molecule has 2 heterocycles. The van der Waals surface area contributed by atoms with Gasteiger partial charge in [0.2, 0.25) is 0 Å². The molecule has 108 valence electrons. The Bertz CT molecular complexity index is 830. The Labute approximate surface area is 148 Å². The molecule has 0 saturated carbocycles. The summed E-state index contributed by atoms with van der Waals surface area (Å²) in [5.41, 5.74) is 2.38. The molecular formula is C14H9Br2Cl2N3. The van der Waals surface area contributed by atoms with Crippen LogP contribution in [0.3, 0.4) is 0 Å². The minimum Gasteiger partial charge on any atom is -0.278 e. The highest BCUT2D eigenvalue weighted by atomic mass is 79.9. The van der Waals surface area contributed by atoms with E-state index in [1.165, 1.54) is 0 Å². The molecule has 0 fully saturated rings. The maximum absolute atomic E-state index is 6.28. The Balaban J connectivity index is 2.36. The lowest BCUT2D eigenvalue weighted by Crippen LogP contribution is -2.03. The lowest BCUT2D eigenvalue weighted by Gasteiger charge is -2.12. The van der Waals surface area contributed by atoms with E-state index in [1.54, 1.807) is 12.3 Å². The summed E-state index contributed by atoms with van der Waals surface area (Å²) in [6.45, 7) is 1.88. The van der Waals surface area contributed by atoms with Crippen molar-refractivity contribution in [2.45, 2.75) is 12.3 Å². The van der Waals surface area contributed by atoms with E-state index < -0.39 is 0 Å². The van der Waals surface area contributed by atoms with Crippen molar-refractivity contribution in [3.05, 3.63) is 50.3 Å². The van der Waals surface area contributed by atoms with Crippen LogP contribution in [0.5, 0.6) is 0 Å². The Morgan fingerprint density at radius 3 is 2.67 bits per heavy atom. The fourth-order valence-corrected chi connectivity index (χ4v) is 3.65. The number of hydrogen-bond donors (Lipinski definition) is 0. The molecule has 0 amide bonds. The van der Waals surface area contributed by atoms with Crippen LogP contribution in [0.1, 0.15) is 18.1 Å². The van der Waals surface area contributed by atoms with Crippen LogP contribution in [-0.2, 0) is 0 Å². The number of nitrogens with zero attached hydrogens (tertiary/aromatic N) is 3. The van der Waals surface area contributed by atoms with Gasteiger partial charge in [-0.1, -0.05) is 27.5 Å². The number of benzene rings is 1. The zero-order chi connectivity index (χ0) is 15.1. The molecule has 2 aromatic heterocycles. The van der Waals surface area contributed by atoms with Crippen molar-refractivity contribution in [3.8, 4) is 5.69 Å². The van der Waals surface area contributed by atoms with E-state index in [0.717, 1.165) is 31.6 Å². The third-order valence-corrected chi connectivity index (χ3v) is 4.53. The second kappa shape index (κ2) is 5.88. The van der Waals surface area contributed by atoms with Crippen molar-refractivity contribution in [1.82, 2.24) is 14.5 Å². The standard InChI is InChI=1S/C14H9Br2Cl2N3/c1-7(17)13-20-11-5-9(18)6-19-14(11)21(13)12-3-2-8(15)4-10(12)16/h2-7H,1H3. The first-order valence-corrected chi connectivity index (χ1v) is 8.51. The average Bonchev–Trinajstić information content (AvgIpc) is 2.77. The highest BCUT2D eigenvalue weighted by Crippen LogP contribution is 2.32. The highest BCUT2D eigenvalue weighted by molar-refractivity contribution is 9.11. The zero-order valence-electron chi connectivity index (χ0n) is 10.8. The van der Waals surface area contributed by atoms with Crippen molar-refractivity contribution in [2.24, 2.45) is 0 Å². The van der Waals surface area contributed by atoms with Gasteiger partial charge in [-0.25, -0.2) is 9.97 Å². The Kier molecular flexibility index (Phi) is 4.28. The summed E-state index contributed by atoms with van der Waals surface area (Å²) in [6.07, 6.45) is 1.61. The number of hydrogen-bond acceptors (Lipinski definition) is 2. The fraction of sp³-hybridized carbons (Fsp3) is 0.143. The van der Waals surface area contributed by atoms with Crippen molar-refractivity contribution >= 4 is 66.2 Å². The van der Waals surface area contributed by atoms with Gasteiger partial charge in [0.1, 0.15) is 11.3 Å². The van der Waals surface area contributed by atoms with Gasteiger partial charge < -0.3 is 0 Å². The summed E-state index contributed by atoms with van der Waals surface area (Å²) in [4.78, 5) is 8.97. The molecule has 7 heteroatoms. The molecule has 1 atom stereocenters. The minimum atomic E-state index is -0.256. The predicted octanol–water partition coefficient (Wildman–Crippen LogP) is 5.90. The van der Waals surface area contributed by atoms with E-state index in [0.29, 0.717) is 5.02 Å². The van der Waals surface area contributed by atoms with E-state index in [-0.39, 0.29) is 5.38 Å². The Morgan fingerprint density at radius 1 is 1.24 bits per heavy atom. The van der Waals surface area contributed by atoms with Crippen molar-refractivity contribution < 1.29 is 0 Å². The van der Waals surface area contributed by atoms with Gasteiger partial charge in [0.15, 0.2) is 5.65 Å². The number of pyridine rings is 1. The fourth-order valence-electron chi connectivity index (χ4n) is 2.12. The number of rotatable bonds is 2. The zero-order valence-corrected chi connectivity index (χ0v) is 15.5. The van der Waals surface area contributed by atoms with Gasteiger partial charge in [0.25, 0.3) is 0 Å². The van der Waals surface area contributed by atoms with E-state index in [9.17, 15) is 0 Å². The molecule has 0 aliphatic rings. The lowest BCUT2D eigenvalue weighted by atomic mass is 10.3. The SMILES string of the molecule is CC(Cl)c1nc2cc(Cl)cnc2n1-c1ccc(Br)cc1Br. The summed E-state index contributed by atoms with van der Waals surface area (Å²) in [5, 5.41) is 0.296. The molecule has 3 rings (SSSR count). The van der Waals surface area contributed by atoms with Crippen LogP contribution in [0, 0.1) is 0 Å². The first kappa shape index (κ1) is 15.3. The largest absolute Gasteiger partial charge is 0.278 e. The summed E-state index contributed by atoms with van der Waals surface area (Å²) >= 11 is 19.3. The quantitative estimate of drug-likeness (QED) is 0.456. The third kappa shape index (κ3) is 2.84. The van der Waals surface area contributed by atoms with E-state index >= 15 is 0 Å². The van der Waals surface area contributed by atoms with Crippen LogP contribution >= 0.6 is 55.1 Å². The van der Waals surface area contributed by atoms with Crippen molar-refractivity contribution in [1.29, 1.82) is 0 Å². The van der Waals surface area contributed by atoms with Crippen LogP contribution in [0.4, 0.5) is 0 Å². The molecule has 0 N–H and O–H groups in total. The second-order valence-corrected chi connectivity index (χ2v) is 7.37. The van der Waals surface area contributed by atoms with Gasteiger partial charge in [-0.3, -0.25) is 4.57 Å². The molecule has 1 unspecified atom stereocenters. The topological polar surface area (TPSA) is 30.7 Å². The Hall–Kier alpha value is -0.620. The van der Waals surface area contributed by atoms with Crippen LogP contribution in [0.2, 0.25) is 5.02 Å². The van der Waals surface area contributed by atoms with Crippen LogP contribution < -0.4 is 0 Å².